The fourth-order valence-electron chi connectivity index (χ4n) is 5.43. The Kier molecular flexibility index (Phi) is 6.44. The third-order valence-corrected chi connectivity index (χ3v) is 7.79. The van der Waals surface area contributed by atoms with Gasteiger partial charge in [0.1, 0.15) is 11.9 Å². The molecule has 12 heteroatoms. The minimum atomic E-state index is -1.07. The standard InChI is InChI=1S/C24H25ClF3N5O3/c25-15-8-16(27)17(28)9-18(15)33-7-1-4-24(23(33)36)5-2-14(3-6-24)31-21(34)19-20(30-12-29-19)22(35)32-10-13(26)11-32/h8-9,12-14H,1-7,10-11H2,(H,29,30)(H,31,34)/t14-,24+. The zero-order valence-corrected chi connectivity index (χ0v) is 20.1. The van der Waals surface area contributed by atoms with Crippen molar-refractivity contribution in [3.05, 3.63) is 46.5 Å². The van der Waals surface area contributed by atoms with E-state index in [4.69, 9.17) is 11.6 Å². The highest BCUT2D eigenvalue weighted by Gasteiger charge is 2.47. The Morgan fingerprint density at radius 3 is 2.53 bits per heavy atom. The summed E-state index contributed by atoms with van der Waals surface area (Å²) in [5.41, 5.74) is -0.528. The Balaban J connectivity index is 1.23. The number of H-pyrrole nitrogens is 1. The number of aromatic amines is 1. The lowest BCUT2D eigenvalue weighted by atomic mass is 9.67. The molecular formula is C24H25ClF3N5O3. The summed E-state index contributed by atoms with van der Waals surface area (Å²) in [6.45, 7) is 0.332. The van der Waals surface area contributed by atoms with E-state index in [1.165, 1.54) is 16.1 Å². The van der Waals surface area contributed by atoms with E-state index in [2.05, 4.69) is 15.3 Å². The van der Waals surface area contributed by atoms with Gasteiger partial charge < -0.3 is 20.1 Å². The van der Waals surface area contributed by atoms with Crippen LogP contribution in [-0.4, -0.2) is 64.4 Å². The first-order valence-corrected chi connectivity index (χ1v) is 12.3. The number of hydrogen-bond acceptors (Lipinski definition) is 4. The van der Waals surface area contributed by atoms with Crippen LogP contribution in [0, 0.1) is 17.0 Å². The van der Waals surface area contributed by atoms with Gasteiger partial charge in [-0.3, -0.25) is 14.4 Å². The Bertz CT molecular complexity index is 1210. The Labute approximate surface area is 210 Å². The molecule has 0 atom stereocenters. The first-order chi connectivity index (χ1) is 17.2. The van der Waals surface area contributed by atoms with Crippen LogP contribution in [0.5, 0.6) is 0 Å². The van der Waals surface area contributed by atoms with Crippen LogP contribution in [0.15, 0.2) is 18.5 Å². The molecule has 3 heterocycles. The lowest BCUT2D eigenvalue weighted by Gasteiger charge is -2.45. The number of halogens is 4. The van der Waals surface area contributed by atoms with Gasteiger partial charge in [-0.2, -0.15) is 0 Å². The molecule has 2 aromatic rings. The van der Waals surface area contributed by atoms with Crippen molar-refractivity contribution in [1.82, 2.24) is 20.2 Å². The molecule has 3 amide bonds. The zero-order chi connectivity index (χ0) is 25.6. The molecule has 1 saturated carbocycles. The van der Waals surface area contributed by atoms with E-state index in [9.17, 15) is 27.6 Å². The molecule has 1 spiro atoms. The number of alkyl halides is 1. The maximum absolute atomic E-state index is 13.9. The molecule has 3 fully saturated rings. The third kappa shape index (κ3) is 4.33. The number of imidazole rings is 1. The second-order valence-corrected chi connectivity index (χ2v) is 10.1. The number of nitrogens with one attached hydrogen (secondary N) is 2. The first-order valence-electron chi connectivity index (χ1n) is 11.9. The number of nitrogens with zero attached hydrogens (tertiary/aromatic N) is 3. The number of hydrogen-bond donors (Lipinski definition) is 2. The lowest BCUT2D eigenvalue weighted by molar-refractivity contribution is -0.132. The quantitative estimate of drug-likeness (QED) is 0.598. The van der Waals surface area contributed by atoms with Gasteiger partial charge in [-0.25, -0.2) is 18.2 Å². The van der Waals surface area contributed by atoms with E-state index in [1.54, 1.807) is 0 Å². The van der Waals surface area contributed by atoms with E-state index in [-0.39, 0.29) is 47.1 Å². The van der Waals surface area contributed by atoms with E-state index in [0.717, 1.165) is 12.1 Å². The fourth-order valence-corrected chi connectivity index (χ4v) is 5.68. The highest BCUT2D eigenvalue weighted by molar-refractivity contribution is 6.33. The van der Waals surface area contributed by atoms with Crippen LogP contribution in [0.1, 0.15) is 59.5 Å². The Morgan fingerprint density at radius 1 is 1.14 bits per heavy atom. The molecule has 0 bridgehead atoms. The van der Waals surface area contributed by atoms with Gasteiger partial charge >= 0.3 is 0 Å². The predicted octanol–water partition coefficient (Wildman–Crippen LogP) is 3.62. The molecule has 36 heavy (non-hydrogen) atoms. The summed E-state index contributed by atoms with van der Waals surface area (Å²) in [6, 6.07) is 1.61. The molecule has 3 aliphatic rings. The number of piperidine rings is 1. The Morgan fingerprint density at radius 2 is 1.83 bits per heavy atom. The molecule has 0 unspecified atom stereocenters. The highest BCUT2D eigenvalue weighted by Crippen LogP contribution is 2.46. The molecule has 0 radical (unpaired) electrons. The SMILES string of the molecule is O=C(N[C@H]1CC[C@]2(CCCN(c3cc(F)c(F)cc3Cl)C2=O)CC1)c1[nH]cnc1C(=O)N1CC(F)C1. The predicted molar refractivity (Wildman–Crippen MR) is 124 cm³/mol. The monoisotopic (exact) mass is 523 g/mol. The van der Waals surface area contributed by atoms with Crippen LogP contribution in [0.25, 0.3) is 0 Å². The molecule has 2 saturated heterocycles. The second kappa shape index (κ2) is 9.42. The molecular weight excluding hydrogens is 499 g/mol. The van der Waals surface area contributed by atoms with Crippen molar-refractivity contribution in [2.24, 2.45) is 5.41 Å². The largest absolute Gasteiger partial charge is 0.348 e. The van der Waals surface area contributed by atoms with Gasteiger partial charge in [0.05, 0.1) is 30.1 Å². The molecule has 5 rings (SSSR count). The summed E-state index contributed by atoms with van der Waals surface area (Å²) in [5.74, 6) is -3.30. The van der Waals surface area contributed by atoms with E-state index in [1.807, 2.05) is 0 Å². The highest BCUT2D eigenvalue weighted by atomic mass is 35.5. The average molecular weight is 524 g/mol. The lowest BCUT2D eigenvalue weighted by Crippen LogP contribution is -2.53. The minimum Gasteiger partial charge on any atom is -0.348 e. The smallest absolute Gasteiger partial charge is 0.275 e. The topological polar surface area (TPSA) is 98.4 Å². The molecule has 2 aliphatic heterocycles. The van der Waals surface area contributed by atoms with Crippen LogP contribution in [0.2, 0.25) is 5.02 Å². The number of anilines is 1. The van der Waals surface area contributed by atoms with E-state index in [0.29, 0.717) is 45.1 Å². The van der Waals surface area contributed by atoms with Gasteiger partial charge in [0.25, 0.3) is 11.8 Å². The minimum absolute atomic E-state index is 0.0156. The summed E-state index contributed by atoms with van der Waals surface area (Å²) in [4.78, 5) is 48.2. The van der Waals surface area contributed by atoms with Crippen LogP contribution in [0.4, 0.5) is 18.9 Å². The Hall–Kier alpha value is -3.08. The first kappa shape index (κ1) is 24.6. The maximum Gasteiger partial charge on any atom is 0.275 e. The van der Waals surface area contributed by atoms with E-state index < -0.39 is 35.0 Å². The zero-order valence-electron chi connectivity index (χ0n) is 19.3. The van der Waals surface area contributed by atoms with E-state index >= 15 is 0 Å². The van der Waals surface area contributed by atoms with Crippen molar-refractivity contribution < 1.29 is 27.6 Å². The molecule has 2 N–H and O–H groups in total. The molecule has 1 aromatic carbocycles. The normalized spacial score (nSPS) is 24.7. The third-order valence-electron chi connectivity index (χ3n) is 7.49. The summed E-state index contributed by atoms with van der Waals surface area (Å²) >= 11 is 6.13. The summed E-state index contributed by atoms with van der Waals surface area (Å²) in [6.07, 6.45) is 3.63. The van der Waals surface area contributed by atoms with Crippen molar-refractivity contribution >= 4 is 35.0 Å². The van der Waals surface area contributed by atoms with Crippen LogP contribution in [-0.2, 0) is 4.79 Å². The van der Waals surface area contributed by atoms with Crippen LogP contribution < -0.4 is 10.2 Å². The van der Waals surface area contributed by atoms with Gasteiger partial charge in [0.15, 0.2) is 17.3 Å². The van der Waals surface area contributed by atoms with Gasteiger partial charge in [-0.1, -0.05) is 11.6 Å². The van der Waals surface area contributed by atoms with Crippen LogP contribution in [0.3, 0.4) is 0 Å². The molecule has 1 aliphatic carbocycles. The summed E-state index contributed by atoms with van der Waals surface area (Å²) in [7, 11) is 0. The van der Waals surface area contributed by atoms with Crippen molar-refractivity contribution in [2.45, 2.75) is 50.7 Å². The number of benzene rings is 1. The number of carbonyl (C=O) groups is 3. The molecule has 1 aromatic heterocycles. The van der Waals surface area contributed by atoms with Crippen molar-refractivity contribution in [2.75, 3.05) is 24.5 Å². The van der Waals surface area contributed by atoms with Gasteiger partial charge in [0, 0.05) is 24.1 Å². The van der Waals surface area contributed by atoms with Gasteiger partial charge in [-0.05, 0) is 44.6 Å². The second-order valence-electron chi connectivity index (χ2n) is 9.74. The van der Waals surface area contributed by atoms with Crippen molar-refractivity contribution in [1.29, 1.82) is 0 Å². The average Bonchev–Trinajstić information content (AvgIpc) is 3.33. The number of carbonyl (C=O) groups excluding carboxylic acids is 3. The van der Waals surface area contributed by atoms with Gasteiger partial charge in [0.2, 0.25) is 5.91 Å². The number of rotatable bonds is 4. The van der Waals surface area contributed by atoms with Crippen molar-refractivity contribution in [3.8, 4) is 0 Å². The molecule has 192 valence electrons. The number of amides is 3. The summed E-state index contributed by atoms with van der Waals surface area (Å²) < 4.78 is 40.5. The van der Waals surface area contributed by atoms with Gasteiger partial charge in [-0.15, -0.1) is 0 Å². The maximum atomic E-state index is 13.9. The van der Waals surface area contributed by atoms with Crippen LogP contribution >= 0.6 is 11.6 Å². The fraction of sp³-hybridized carbons (Fsp3) is 0.500. The number of aromatic nitrogens is 2. The number of likely N-dealkylation sites (tertiary alicyclic amines) is 1. The molecule has 8 nitrogen and oxygen atoms in total. The van der Waals surface area contributed by atoms with Crippen molar-refractivity contribution in [3.63, 3.8) is 0 Å². The summed E-state index contributed by atoms with van der Waals surface area (Å²) in [5, 5.41) is 2.89.